The molecule has 19 heavy (non-hydrogen) atoms. The summed E-state index contributed by atoms with van der Waals surface area (Å²) < 4.78 is 0. The first-order valence-electron chi connectivity index (χ1n) is 7.51. The quantitative estimate of drug-likeness (QED) is 0.781. The van der Waals surface area contributed by atoms with Crippen LogP contribution in [0.3, 0.4) is 0 Å². The van der Waals surface area contributed by atoms with Gasteiger partial charge in [-0.3, -0.25) is 0 Å². The molecular weight excluding hydrogens is 236 g/mol. The molecule has 0 aliphatic heterocycles. The lowest BCUT2D eigenvalue weighted by Crippen LogP contribution is -2.41. The van der Waals surface area contributed by atoms with Crippen LogP contribution in [0.2, 0.25) is 0 Å². The fourth-order valence-corrected chi connectivity index (χ4v) is 3.74. The first kappa shape index (κ1) is 13.1. The van der Waals surface area contributed by atoms with Crippen LogP contribution in [-0.4, -0.2) is 17.8 Å². The molecule has 0 aromatic heterocycles. The monoisotopic (exact) mass is 260 g/mol. The average Bonchev–Trinajstić information content (AvgIpc) is 2.77. The highest BCUT2D eigenvalue weighted by atomic mass is 16.3. The summed E-state index contributed by atoms with van der Waals surface area (Å²) >= 11 is 0. The zero-order chi connectivity index (χ0) is 13.2. The van der Waals surface area contributed by atoms with E-state index in [4.69, 9.17) is 5.73 Å². The molecule has 1 fully saturated rings. The Labute approximate surface area is 115 Å². The molecule has 4 N–H and O–H groups in total. The van der Waals surface area contributed by atoms with E-state index in [1.807, 2.05) is 0 Å². The summed E-state index contributed by atoms with van der Waals surface area (Å²) in [5.41, 5.74) is 8.87. The van der Waals surface area contributed by atoms with Crippen LogP contribution in [0.25, 0.3) is 0 Å². The van der Waals surface area contributed by atoms with Crippen LogP contribution >= 0.6 is 0 Å². The van der Waals surface area contributed by atoms with Crippen LogP contribution in [0.1, 0.15) is 55.3 Å². The topological polar surface area (TPSA) is 58.3 Å². The first-order valence-corrected chi connectivity index (χ1v) is 7.51. The lowest BCUT2D eigenvalue weighted by atomic mass is 9.84. The Morgan fingerprint density at radius 2 is 1.89 bits per heavy atom. The molecule has 3 nitrogen and oxygen atoms in total. The van der Waals surface area contributed by atoms with Crippen LogP contribution in [0.4, 0.5) is 0 Å². The predicted molar refractivity (Wildman–Crippen MR) is 76.7 cm³/mol. The minimum atomic E-state index is 0.157. The van der Waals surface area contributed by atoms with Crippen LogP contribution in [-0.2, 0) is 0 Å². The highest BCUT2D eigenvalue weighted by molar-refractivity contribution is 5.37. The predicted octanol–water partition coefficient (Wildman–Crippen LogP) is 2.27. The highest BCUT2D eigenvalue weighted by Gasteiger charge is 2.32. The van der Waals surface area contributed by atoms with Gasteiger partial charge in [0.1, 0.15) is 0 Å². The standard InChI is InChI=1S/C16H24N2O/c17-14-9-16(13-7-3-2-6-12(13)14)18-15-8-4-1-5-11(15)10-19/h2-3,6-7,11,14-16,18-19H,1,4-5,8-10,17H2. The van der Waals surface area contributed by atoms with E-state index in [0.717, 1.165) is 12.8 Å². The van der Waals surface area contributed by atoms with Gasteiger partial charge in [-0.05, 0) is 36.3 Å². The van der Waals surface area contributed by atoms with Crippen molar-refractivity contribution in [2.24, 2.45) is 11.7 Å². The SMILES string of the molecule is NC1CC(NC2CCCCC2CO)c2ccccc21. The molecule has 3 heteroatoms. The summed E-state index contributed by atoms with van der Waals surface area (Å²) in [4.78, 5) is 0. The van der Waals surface area contributed by atoms with E-state index in [1.54, 1.807) is 0 Å². The number of aliphatic hydroxyl groups is 1. The fraction of sp³-hybridized carbons (Fsp3) is 0.625. The molecule has 1 aromatic rings. The Hall–Kier alpha value is -0.900. The Bertz CT molecular complexity index is 435. The number of nitrogens with one attached hydrogen (secondary N) is 1. The normalized spacial score (nSPS) is 34.2. The number of hydrogen-bond donors (Lipinski definition) is 3. The maximum atomic E-state index is 9.52. The minimum absolute atomic E-state index is 0.157. The molecule has 1 aromatic carbocycles. The van der Waals surface area contributed by atoms with Gasteiger partial charge in [0.2, 0.25) is 0 Å². The largest absolute Gasteiger partial charge is 0.396 e. The van der Waals surface area contributed by atoms with Crippen LogP contribution < -0.4 is 11.1 Å². The summed E-state index contributed by atoms with van der Waals surface area (Å²) in [7, 11) is 0. The molecule has 0 bridgehead atoms. The molecule has 0 amide bonds. The van der Waals surface area contributed by atoms with E-state index in [-0.39, 0.29) is 6.04 Å². The third-order valence-electron chi connectivity index (χ3n) is 4.82. The number of benzene rings is 1. The molecule has 0 saturated heterocycles. The van der Waals surface area contributed by atoms with E-state index in [2.05, 4.69) is 29.6 Å². The van der Waals surface area contributed by atoms with Gasteiger partial charge in [0.25, 0.3) is 0 Å². The number of fused-ring (bicyclic) bond motifs is 1. The number of nitrogens with two attached hydrogens (primary N) is 1. The number of aliphatic hydroxyl groups excluding tert-OH is 1. The Morgan fingerprint density at radius 3 is 2.68 bits per heavy atom. The van der Waals surface area contributed by atoms with Crippen molar-refractivity contribution in [2.75, 3.05) is 6.61 Å². The van der Waals surface area contributed by atoms with Crippen molar-refractivity contribution in [3.8, 4) is 0 Å². The van der Waals surface area contributed by atoms with Crippen molar-refractivity contribution >= 4 is 0 Å². The molecule has 0 spiro atoms. The van der Waals surface area contributed by atoms with Gasteiger partial charge in [0.15, 0.2) is 0 Å². The van der Waals surface area contributed by atoms with E-state index in [0.29, 0.717) is 24.6 Å². The third-order valence-corrected chi connectivity index (χ3v) is 4.82. The van der Waals surface area contributed by atoms with Gasteiger partial charge in [-0.25, -0.2) is 0 Å². The van der Waals surface area contributed by atoms with Crippen molar-refractivity contribution in [1.29, 1.82) is 0 Å². The van der Waals surface area contributed by atoms with Gasteiger partial charge in [-0.15, -0.1) is 0 Å². The Balaban J connectivity index is 1.74. The zero-order valence-corrected chi connectivity index (χ0v) is 11.4. The summed E-state index contributed by atoms with van der Waals surface area (Å²) in [6.45, 7) is 0.304. The summed E-state index contributed by atoms with van der Waals surface area (Å²) in [6.07, 6.45) is 5.83. The second-order valence-corrected chi connectivity index (χ2v) is 6.02. The maximum Gasteiger partial charge on any atom is 0.0474 e. The number of hydrogen-bond acceptors (Lipinski definition) is 3. The van der Waals surface area contributed by atoms with Crippen LogP contribution in [0, 0.1) is 5.92 Å². The fourth-order valence-electron chi connectivity index (χ4n) is 3.74. The lowest BCUT2D eigenvalue weighted by Gasteiger charge is -2.33. The smallest absolute Gasteiger partial charge is 0.0474 e. The maximum absolute atomic E-state index is 9.52. The summed E-state index contributed by atoms with van der Waals surface area (Å²) in [5.74, 6) is 0.415. The molecule has 4 atom stereocenters. The summed E-state index contributed by atoms with van der Waals surface area (Å²) in [6, 6.07) is 9.46. The third kappa shape index (κ3) is 2.55. The molecule has 2 aliphatic rings. The van der Waals surface area contributed by atoms with Gasteiger partial charge in [-0.2, -0.15) is 0 Å². The molecular formula is C16H24N2O. The first-order chi connectivity index (χ1) is 9.29. The highest BCUT2D eigenvalue weighted by Crippen LogP contribution is 2.38. The van der Waals surface area contributed by atoms with Crippen molar-refractivity contribution in [3.05, 3.63) is 35.4 Å². The van der Waals surface area contributed by atoms with E-state index in [1.165, 1.54) is 30.4 Å². The lowest BCUT2D eigenvalue weighted by molar-refractivity contribution is 0.145. The van der Waals surface area contributed by atoms with Gasteiger partial charge in [-0.1, -0.05) is 37.1 Å². The van der Waals surface area contributed by atoms with Gasteiger partial charge < -0.3 is 16.2 Å². The minimum Gasteiger partial charge on any atom is -0.396 e. The van der Waals surface area contributed by atoms with Crippen molar-refractivity contribution in [3.63, 3.8) is 0 Å². The summed E-state index contributed by atoms with van der Waals surface area (Å²) in [5, 5.41) is 13.3. The second-order valence-electron chi connectivity index (χ2n) is 6.02. The average molecular weight is 260 g/mol. The van der Waals surface area contributed by atoms with Crippen LogP contribution in [0.15, 0.2) is 24.3 Å². The van der Waals surface area contributed by atoms with E-state index >= 15 is 0 Å². The molecule has 3 rings (SSSR count). The molecule has 1 saturated carbocycles. The van der Waals surface area contributed by atoms with Crippen LogP contribution in [0.5, 0.6) is 0 Å². The van der Waals surface area contributed by atoms with Gasteiger partial charge >= 0.3 is 0 Å². The Kier molecular flexibility index (Phi) is 3.87. The van der Waals surface area contributed by atoms with Crippen molar-refractivity contribution in [2.45, 2.75) is 50.2 Å². The van der Waals surface area contributed by atoms with Gasteiger partial charge in [0.05, 0.1) is 0 Å². The van der Waals surface area contributed by atoms with E-state index in [9.17, 15) is 5.11 Å². The van der Waals surface area contributed by atoms with Crippen molar-refractivity contribution in [1.82, 2.24) is 5.32 Å². The molecule has 104 valence electrons. The second kappa shape index (κ2) is 5.61. The van der Waals surface area contributed by atoms with Crippen molar-refractivity contribution < 1.29 is 5.11 Å². The number of rotatable bonds is 3. The Morgan fingerprint density at radius 1 is 1.16 bits per heavy atom. The van der Waals surface area contributed by atoms with E-state index < -0.39 is 0 Å². The molecule has 2 aliphatic carbocycles. The zero-order valence-electron chi connectivity index (χ0n) is 11.4. The molecule has 0 radical (unpaired) electrons. The molecule has 4 unspecified atom stereocenters. The molecule has 0 heterocycles. The van der Waals surface area contributed by atoms with Gasteiger partial charge in [0, 0.05) is 24.7 Å².